The average Bonchev–Trinajstić information content (AvgIpc) is 2.81. The summed E-state index contributed by atoms with van der Waals surface area (Å²) < 4.78 is 0. The van der Waals surface area contributed by atoms with Crippen LogP contribution in [0.1, 0.15) is 54.7 Å². The number of amides is 2. The van der Waals surface area contributed by atoms with Gasteiger partial charge in [0, 0.05) is 44.3 Å². The van der Waals surface area contributed by atoms with Gasteiger partial charge in [-0.1, -0.05) is 63.2 Å². The Kier molecular flexibility index (Phi) is 8.64. The molecule has 1 aliphatic rings. The van der Waals surface area contributed by atoms with E-state index in [1.807, 2.05) is 24.3 Å². The maximum atomic E-state index is 12.3. The Morgan fingerprint density at radius 3 is 2.33 bits per heavy atom. The quantitative estimate of drug-likeness (QED) is 0.606. The lowest BCUT2D eigenvalue weighted by molar-refractivity contribution is -0.120. The highest BCUT2D eigenvalue weighted by atomic mass is 16.2. The van der Waals surface area contributed by atoms with Crippen molar-refractivity contribution in [3.8, 4) is 0 Å². The van der Waals surface area contributed by atoms with Gasteiger partial charge in [0.05, 0.1) is 6.54 Å². The molecule has 2 aromatic carbocycles. The predicted octanol–water partition coefficient (Wildman–Crippen LogP) is 3.21. The van der Waals surface area contributed by atoms with Crippen LogP contribution < -0.4 is 10.6 Å². The van der Waals surface area contributed by atoms with Gasteiger partial charge < -0.3 is 15.5 Å². The molecule has 1 atom stereocenters. The van der Waals surface area contributed by atoms with Crippen LogP contribution >= 0.6 is 0 Å². The van der Waals surface area contributed by atoms with Crippen LogP contribution in [0.4, 0.5) is 0 Å². The molecule has 0 spiro atoms. The number of piperazine rings is 1. The smallest absolute Gasteiger partial charge is 0.251 e. The Balaban J connectivity index is 1.39. The van der Waals surface area contributed by atoms with Gasteiger partial charge in [0.25, 0.3) is 5.91 Å². The number of rotatable bonds is 8. The van der Waals surface area contributed by atoms with E-state index >= 15 is 0 Å². The summed E-state index contributed by atoms with van der Waals surface area (Å²) in [5.41, 5.74) is 3.12. The summed E-state index contributed by atoms with van der Waals surface area (Å²) in [7, 11) is 2.17. The van der Waals surface area contributed by atoms with Crippen LogP contribution in [-0.2, 0) is 10.2 Å². The molecule has 178 valence electrons. The topological polar surface area (TPSA) is 64.7 Å². The summed E-state index contributed by atoms with van der Waals surface area (Å²) in [6.45, 7) is 11.0. The van der Waals surface area contributed by atoms with Gasteiger partial charge in [-0.15, -0.1) is 0 Å². The number of carbonyl (C=O) groups excluding carboxylic acids is 2. The van der Waals surface area contributed by atoms with Gasteiger partial charge in [0.1, 0.15) is 0 Å². The maximum absolute atomic E-state index is 12.3. The fraction of sp³-hybridized carbons (Fsp3) is 0.481. The molecule has 6 heteroatoms. The van der Waals surface area contributed by atoms with Crippen molar-refractivity contribution < 1.29 is 9.59 Å². The van der Waals surface area contributed by atoms with Crippen LogP contribution in [0.5, 0.6) is 0 Å². The molecule has 2 amide bonds. The molecule has 1 fully saturated rings. The van der Waals surface area contributed by atoms with Crippen LogP contribution in [0.25, 0.3) is 0 Å². The lowest BCUT2D eigenvalue weighted by Crippen LogP contribution is -2.47. The molecule has 2 N–H and O–H groups in total. The van der Waals surface area contributed by atoms with Crippen LogP contribution in [-0.4, -0.2) is 67.9 Å². The first-order valence-electron chi connectivity index (χ1n) is 11.9. The van der Waals surface area contributed by atoms with Crippen molar-refractivity contribution in [3.63, 3.8) is 0 Å². The first kappa shape index (κ1) is 24.9. The SMILES string of the molecule is CN1CCN(CCCNC(=O)CNC(=O)c2ccc(C(C)(C)C)cc2)C(c2ccccc2)C1. The third kappa shape index (κ3) is 7.41. The maximum Gasteiger partial charge on any atom is 0.251 e. The van der Waals surface area contributed by atoms with Crippen LogP contribution in [0.3, 0.4) is 0 Å². The van der Waals surface area contributed by atoms with Gasteiger partial charge >= 0.3 is 0 Å². The zero-order valence-electron chi connectivity index (χ0n) is 20.4. The molecule has 0 aliphatic carbocycles. The molecule has 1 saturated heterocycles. The summed E-state index contributed by atoms with van der Waals surface area (Å²) in [5.74, 6) is -0.388. The van der Waals surface area contributed by atoms with Gasteiger partial charge in [0.2, 0.25) is 5.91 Å². The average molecular weight is 451 g/mol. The highest BCUT2D eigenvalue weighted by Crippen LogP contribution is 2.25. The number of hydrogen-bond acceptors (Lipinski definition) is 4. The third-order valence-corrected chi connectivity index (χ3v) is 6.25. The van der Waals surface area contributed by atoms with Crippen molar-refractivity contribution >= 4 is 11.8 Å². The van der Waals surface area contributed by atoms with E-state index in [1.165, 1.54) is 11.1 Å². The van der Waals surface area contributed by atoms with Gasteiger partial charge in [-0.05, 0) is 42.1 Å². The largest absolute Gasteiger partial charge is 0.355 e. The summed E-state index contributed by atoms with van der Waals surface area (Å²) in [4.78, 5) is 29.4. The molecule has 2 aromatic rings. The van der Waals surface area contributed by atoms with E-state index in [1.54, 1.807) is 0 Å². The van der Waals surface area contributed by atoms with E-state index < -0.39 is 0 Å². The summed E-state index contributed by atoms with van der Waals surface area (Å²) in [6, 6.07) is 18.6. The van der Waals surface area contributed by atoms with Crippen LogP contribution in [0.15, 0.2) is 54.6 Å². The van der Waals surface area contributed by atoms with E-state index in [0.717, 1.165) is 32.6 Å². The van der Waals surface area contributed by atoms with Crippen LogP contribution in [0, 0.1) is 0 Å². The molecule has 33 heavy (non-hydrogen) atoms. The third-order valence-electron chi connectivity index (χ3n) is 6.25. The molecule has 0 radical (unpaired) electrons. The molecular formula is C27H38N4O2. The van der Waals surface area contributed by atoms with E-state index in [9.17, 15) is 9.59 Å². The highest BCUT2D eigenvalue weighted by molar-refractivity contribution is 5.96. The standard InChI is InChI=1S/C27H38N4O2/c1-27(2,3)23-13-11-22(12-14-23)26(33)29-19-25(32)28-15-8-16-31-18-17-30(4)20-24(31)21-9-6-5-7-10-21/h5-7,9-14,24H,8,15-20H2,1-4H3,(H,28,32)(H,29,33). The minimum atomic E-state index is -0.228. The number of likely N-dealkylation sites (N-methyl/N-ethyl adjacent to an activating group) is 1. The van der Waals surface area contributed by atoms with E-state index in [2.05, 4.69) is 78.6 Å². The first-order valence-corrected chi connectivity index (χ1v) is 11.9. The Morgan fingerprint density at radius 2 is 1.67 bits per heavy atom. The molecule has 0 saturated carbocycles. The first-order chi connectivity index (χ1) is 15.7. The van der Waals surface area contributed by atoms with Crippen molar-refractivity contribution in [1.82, 2.24) is 20.4 Å². The monoisotopic (exact) mass is 450 g/mol. The van der Waals surface area contributed by atoms with E-state index in [4.69, 9.17) is 0 Å². The summed E-state index contributed by atoms with van der Waals surface area (Å²) >= 11 is 0. The fourth-order valence-electron chi connectivity index (χ4n) is 4.17. The normalized spacial score (nSPS) is 17.5. The fourth-order valence-corrected chi connectivity index (χ4v) is 4.17. The van der Waals surface area contributed by atoms with Gasteiger partial charge in [-0.25, -0.2) is 0 Å². The lowest BCUT2D eigenvalue weighted by Gasteiger charge is -2.40. The molecule has 3 rings (SSSR count). The second-order valence-electron chi connectivity index (χ2n) is 9.94. The number of hydrogen-bond donors (Lipinski definition) is 2. The Hall–Kier alpha value is -2.70. The van der Waals surface area contributed by atoms with E-state index in [0.29, 0.717) is 18.2 Å². The Labute approximate surface area is 198 Å². The van der Waals surface area contributed by atoms with Crippen molar-refractivity contribution in [2.24, 2.45) is 0 Å². The number of nitrogens with one attached hydrogen (secondary N) is 2. The Bertz CT molecular complexity index is 906. The van der Waals surface area contributed by atoms with E-state index in [-0.39, 0.29) is 23.8 Å². The van der Waals surface area contributed by atoms with Gasteiger partial charge in [-0.3, -0.25) is 14.5 Å². The zero-order chi connectivity index (χ0) is 23.8. The van der Waals surface area contributed by atoms with Crippen molar-refractivity contribution in [1.29, 1.82) is 0 Å². The Morgan fingerprint density at radius 1 is 0.970 bits per heavy atom. The van der Waals surface area contributed by atoms with Gasteiger partial charge in [0.15, 0.2) is 0 Å². The number of nitrogens with zero attached hydrogens (tertiary/aromatic N) is 2. The molecule has 1 heterocycles. The zero-order valence-corrected chi connectivity index (χ0v) is 20.4. The summed E-state index contributed by atoms with van der Waals surface area (Å²) in [6.07, 6.45) is 0.876. The lowest BCUT2D eigenvalue weighted by atomic mass is 9.87. The molecular weight excluding hydrogens is 412 g/mol. The van der Waals surface area contributed by atoms with Crippen LogP contribution in [0.2, 0.25) is 0 Å². The van der Waals surface area contributed by atoms with Crippen molar-refractivity contribution in [2.45, 2.75) is 38.6 Å². The minimum Gasteiger partial charge on any atom is -0.355 e. The molecule has 1 aliphatic heterocycles. The second kappa shape index (κ2) is 11.4. The molecule has 1 unspecified atom stereocenters. The van der Waals surface area contributed by atoms with Crippen molar-refractivity contribution in [3.05, 3.63) is 71.3 Å². The minimum absolute atomic E-state index is 0.0129. The summed E-state index contributed by atoms with van der Waals surface area (Å²) in [5, 5.41) is 5.64. The molecule has 0 bridgehead atoms. The van der Waals surface area contributed by atoms with Crippen molar-refractivity contribution in [2.75, 3.05) is 46.3 Å². The predicted molar refractivity (Wildman–Crippen MR) is 133 cm³/mol. The second-order valence-corrected chi connectivity index (χ2v) is 9.94. The molecule has 0 aromatic heterocycles. The molecule has 6 nitrogen and oxygen atoms in total. The highest BCUT2D eigenvalue weighted by Gasteiger charge is 2.26. The van der Waals surface area contributed by atoms with Gasteiger partial charge in [-0.2, -0.15) is 0 Å². The number of carbonyl (C=O) groups is 2. The number of benzene rings is 2.